The minimum atomic E-state index is 0. The Morgan fingerprint density at radius 3 is 2.74 bits per heavy atom. The summed E-state index contributed by atoms with van der Waals surface area (Å²) >= 11 is 0. The SMILES string of the molecule is CCNC(=NCC1(c2ccc3c(c2)OCO3)CC1)NCCc1ccco1.I. The van der Waals surface area contributed by atoms with Crippen molar-refractivity contribution in [1.82, 2.24) is 10.6 Å². The molecule has 1 aliphatic heterocycles. The molecule has 2 aliphatic rings. The van der Waals surface area contributed by atoms with Crippen LogP contribution in [0.4, 0.5) is 0 Å². The fraction of sp³-hybridized carbons (Fsp3) is 0.450. The van der Waals surface area contributed by atoms with Gasteiger partial charge < -0.3 is 24.5 Å². The lowest BCUT2D eigenvalue weighted by Gasteiger charge is -2.16. The minimum Gasteiger partial charge on any atom is -0.469 e. The maximum absolute atomic E-state index is 5.52. The number of hydrogen-bond acceptors (Lipinski definition) is 4. The van der Waals surface area contributed by atoms with Crippen molar-refractivity contribution in [3.05, 3.63) is 47.9 Å². The Bertz CT molecular complexity index is 773. The monoisotopic (exact) mass is 483 g/mol. The highest BCUT2D eigenvalue weighted by Crippen LogP contribution is 2.50. The molecule has 1 fully saturated rings. The number of rotatable bonds is 7. The number of fused-ring (bicyclic) bond motifs is 1. The summed E-state index contributed by atoms with van der Waals surface area (Å²) in [5.74, 6) is 3.51. The molecular formula is C20H26IN3O3. The molecule has 0 bridgehead atoms. The average molecular weight is 483 g/mol. The molecule has 1 aromatic heterocycles. The first-order valence-corrected chi connectivity index (χ1v) is 9.24. The van der Waals surface area contributed by atoms with Crippen molar-refractivity contribution in [2.24, 2.45) is 4.99 Å². The minimum absolute atomic E-state index is 0. The van der Waals surface area contributed by atoms with Gasteiger partial charge in [0.25, 0.3) is 0 Å². The molecule has 1 aliphatic carbocycles. The van der Waals surface area contributed by atoms with Crippen LogP contribution in [-0.2, 0) is 11.8 Å². The predicted octanol–water partition coefficient (Wildman–Crippen LogP) is 3.46. The van der Waals surface area contributed by atoms with Gasteiger partial charge in [0.05, 0.1) is 12.8 Å². The number of ether oxygens (including phenoxy) is 2. The lowest BCUT2D eigenvalue weighted by molar-refractivity contribution is 0.174. The van der Waals surface area contributed by atoms with Crippen molar-refractivity contribution in [2.75, 3.05) is 26.4 Å². The van der Waals surface area contributed by atoms with Gasteiger partial charge in [0.1, 0.15) is 5.76 Å². The summed E-state index contributed by atoms with van der Waals surface area (Å²) in [7, 11) is 0. The summed E-state index contributed by atoms with van der Waals surface area (Å²) in [6, 6.07) is 10.2. The van der Waals surface area contributed by atoms with E-state index in [1.165, 1.54) is 5.56 Å². The summed E-state index contributed by atoms with van der Waals surface area (Å²) in [5, 5.41) is 6.71. The van der Waals surface area contributed by atoms with Gasteiger partial charge in [-0.15, -0.1) is 24.0 Å². The number of hydrogen-bond donors (Lipinski definition) is 2. The summed E-state index contributed by atoms with van der Waals surface area (Å²) in [4.78, 5) is 4.83. The van der Waals surface area contributed by atoms with Crippen LogP contribution < -0.4 is 20.1 Å². The third kappa shape index (κ3) is 4.69. The first kappa shape index (κ1) is 19.9. The van der Waals surface area contributed by atoms with Gasteiger partial charge in [0, 0.05) is 24.9 Å². The van der Waals surface area contributed by atoms with E-state index < -0.39 is 0 Å². The van der Waals surface area contributed by atoms with Crippen molar-refractivity contribution < 1.29 is 13.9 Å². The highest BCUT2D eigenvalue weighted by Gasteiger charge is 2.44. The smallest absolute Gasteiger partial charge is 0.231 e. The second-order valence-corrected chi connectivity index (χ2v) is 6.80. The molecule has 0 radical (unpaired) electrons. The third-order valence-corrected chi connectivity index (χ3v) is 4.97. The van der Waals surface area contributed by atoms with Crippen LogP contribution in [0.2, 0.25) is 0 Å². The van der Waals surface area contributed by atoms with Gasteiger partial charge in [-0.1, -0.05) is 6.07 Å². The summed E-state index contributed by atoms with van der Waals surface area (Å²) in [6.45, 7) is 4.78. The van der Waals surface area contributed by atoms with Crippen molar-refractivity contribution in [1.29, 1.82) is 0 Å². The number of nitrogens with one attached hydrogen (secondary N) is 2. The van der Waals surface area contributed by atoms with Crippen molar-refractivity contribution in [3.63, 3.8) is 0 Å². The summed E-state index contributed by atoms with van der Waals surface area (Å²) < 4.78 is 16.3. The van der Waals surface area contributed by atoms with Gasteiger partial charge in [-0.2, -0.15) is 0 Å². The van der Waals surface area contributed by atoms with Crippen LogP contribution in [0.25, 0.3) is 0 Å². The first-order valence-electron chi connectivity index (χ1n) is 9.24. The van der Waals surface area contributed by atoms with E-state index in [0.29, 0.717) is 6.79 Å². The van der Waals surface area contributed by atoms with Gasteiger partial charge >= 0.3 is 0 Å². The lowest BCUT2D eigenvalue weighted by Crippen LogP contribution is -2.39. The van der Waals surface area contributed by atoms with Gasteiger partial charge in [-0.05, 0) is 49.6 Å². The number of halogens is 1. The Hall–Kier alpha value is -1.90. The molecule has 0 saturated heterocycles. The van der Waals surface area contributed by atoms with E-state index in [1.54, 1.807) is 6.26 Å². The van der Waals surface area contributed by atoms with Crippen LogP contribution in [0.1, 0.15) is 31.1 Å². The lowest BCUT2D eigenvalue weighted by atomic mass is 9.96. The second kappa shape index (κ2) is 8.86. The number of furan rings is 1. The highest BCUT2D eigenvalue weighted by molar-refractivity contribution is 14.0. The molecule has 146 valence electrons. The standard InChI is InChI=1S/C20H25N3O3.HI/c1-2-21-19(22-10-7-16-4-3-11-24-16)23-13-20(8-9-20)15-5-6-17-18(12-15)26-14-25-17;/h3-6,11-12H,2,7-10,13-14H2,1H3,(H2,21,22,23);1H. The van der Waals surface area contributed by atoms with Gasteiger partial charge in [-0.3, -0.25) is 4.99 Å². The zero-order chi connectivity index (χ0) is 17.8. The molecule has 0 amide bonds. The maximum Gasteiger partial charge on any atom is 0.231 e. The van der Waals surface area contributed by atoms with Gasteiger partial charge in [0.2, 0.25) is 6.79 Å². The Morgan fingerprint density at radius 2 is 2.00 bits per heavy atom. The Labute approximate surface area is 176 Å². The molecule has 0 atom stereocenters. The van der Waals surface area contributed by atoms with E-state index in [-0.39, 0.29) is 29.4 Å². The number of benzene rings is 1. The average Bonchev–Trinajstić information content (AvgIpc) is 3.06. The summed E-state index contributed by atoms with van der Waals surface area (Å²) in [5.41, 5.74) is 1.42. The normalized spacial score (nSPS) is 16.6. The van der Waals surface area contributed by atoms with Crippen LogP contribution in [0.3, 0.4) is 0 Å². The predicted molar refractivity (Wildman–Crippen MR) is 115 cm³/mol. The van der Waals surface area contributed by atoms with Crippen LogP contribution in [0.15, 0.2) is 46.0 Å². The summed E-state index contributed by atoms with van der Waals surface area (Å²) in [6.07, 6.45) is 4.85. The molecule has 1 saturated carbocycles. The number of nitrogens with zero attached hydrogens (tertiary/aromatic N) is 1. The fourth-order valence-electron chi connectivity index (χ4n) is 3.25. The van der Waals surface area contributed by atoms with E-state index in [9.17, 15) is 0 Å². The number of guanidine groups is 1. The van der Waals surface area contributed by atoms with Crippen LogP contribution in [-0.4, -0.2) is 32.4 Å². The molecule has 6 nitrogen and oxygen atoms in total. The first-order chi connectivity index (χ1) is 12.8. The highest BCUT2D eigenvalue weighted by atomic mass is 127. The van der Waals surface area contributed by atoms with E-state index >= 15 is 0 Å². The van der Waals surface area contributed by atoms with Crippen LogP contribution in [0.5, 0.6) is 11.5 Å². The van der Waals surface area contributed by atoms with Crippen LogP contribution in [0, 0.1) is 0 Å². The topological polar surface area (TPSA) is 68.0 Å². The molecule has 7 heteroatoms. The maximum atomic E-state index is 5.52. The zero-order valence-corrected chi connectivity index (χ0v) is 17.8. The van der Waals surface area contributed by atoms with Crippen molar-refractivity contribution in [3.8, 4) is 11.5 Å². The molecule has 4 rings (SSSR count). The zero-order valence-electron chi connectivity index (χ0n) is 15.5. The quantitative estimate of drug-likeness (QED) is 0.359. The van der Waals surface area contributed by atoms with E-state index in [2.05, 4.69) is 29.7 Å². The molecule has 0 unspecified atom stereocenters. The molecule has 2 aromatic rings. The van der Waals surface area contributed by atoms with E-state index in [4.69, 9.17) is 18.9 Å². The van der Waals surface area contributed by atoms with Crippen molar-refractivity contribution in [2.45, 2.75) is 31.6 Å². The van der Waals surface area contributed by atoms with E-state index in [1.807, 2.05) is 18.2 Å². The molecule has 2 N–H and O–H groups in total. The molecule has 2 heterocycles. The fourth-order valence-corrected chi connectivity index (χ4v) is 3.25. The molecule has 0 spiro atoms. The number of aliphatic imine (C=N–C) groups is 1. The van der Waals surface area contributed by atoms with Gasteiger partial charge in [0.15, 0.2) is 17.5 Å². The van der Waals surface area contributed by atoms with Crippen LogP contribution >= 0.6 is 24.0 Å². The molecular weight excluding hydrogens is 457 g/mol. The molecule has 27 heavy (non-hydrogen) atoms. The Kier molecular flexibility index (Phi) is 6.51. The largest absolute Gasteiger partial charge is 0.469 e. The van der Waals surface area contributed by atoms with E-state index in [0.717, 1.165) is 62.1 Å². The Balaban J connectivity index is 0.00000210. The third-order valence-electron chi connectivity index (χ3n) is 4.97. The molecule has 1 aromatic carbocycles. The van der Waals surface area contributed by atoms with Gasteiger partial charge in [-0.25, -0.2) is 0 Å². The second-order valence-electron chi connectivity index (χ2n) is 6.80. The van der Waals surface area contributed by atoms with Crippen molar-refractivity contribution >= 4 is 29.9 Å². The Morgan fingerprint density at radius 1 is 1.15 bits per heavy atom.